The van der Waals surface area contributed by atoms with Crippen LogP contribution in [-0.4, -0.2) is 6.54 Å². The van der Waals surface area contributed by atoms with Crippen LogP contribution in [0.25, 0.3) is 10.8 Å². The van der Waals surface area contributed by atoms with E-state index in [-0.39, 0.29) is 5.92 Å². The standard InChI is InChI=1S/C16H18N2/c1-12(2)14(10-17)11-18-16-9-5-7-13-6-3-4-8-15(13)16/h3-9,12,14,18H,11H2,1-2H3. The first-order valence-electron chi connectivity index (χ1n) is 6.33. The fourth-order valence-electron chi connectivity index (χ4n) is 2.03. The summed E-state index contributed by atoms with van der Waals surface area (Å²) in [5, 5.41) is 14.9. The molecule has 0 heterocycles. The SMILES string of the molecule is CC(C)C(C#N)CNc1cccc2ccccc12. The van der Waals surface area contributed by atoms with E-state index in [0.717, 1.165) is 5.69 Å². The maximum Gasteiger partial charge on any atom is 0.0677 e. The molecule has 1 atom stereocenters. The summed E-state index contributed by atoms with van der Waals surface area (Å²) >= 11 is 0. The molecule has 2 nitrogen and oxygen atoms in total. The number of nitrogens with zero attached hydrogens (tertiary/aromatic N) is 1. The number of nitrogens with one attached hydrogen (secondary N) is 1. The second kappa shape index (κ2) is 5.55. The highest BCUT2D eigenvalue weighted by Crippen LogP contribution is 2.23. The lowest BCUT2D eigenvalue weighted by molar-refractivity contribution is 0.496. The normalized spacial score (nSPS) is 12.3. The van der Waals surface area contributed by atoms with Crippen LogP contribution in [0.4, 0.5) is 5.69 Å². The van der Waals surface area contributed by atoms with Crippen molar-refractivity contribution in [2.45, 2.75) is 13.8 Å². The molecule has 2 aromatic carbocycles. The third-order valence-corrected chi connectivity index (χ3v) is 3.27. The number of anilines is 1. The van der Waals surface area contributed by atoms with E-state index in [1.54, 1.807) is 0 Å². The highest BCUT2D eigenvalue weighted by atomic mass is 14.9. The number of hydrogen-bond donors (Lipinski definition) is 1. The zero-order valence-electron chi connectivity index (χ0n) is 10.9. The van der Waals surface area contributed by atoms with Crippen molar-refractivity contribution in [2.75, 3.05) is 11.9 Å². The van der Waals surface area contributed by atoms with Gasteiger partial charge in [0.2, 0.25) is 0 Å². The molecule has 1 N–H and O–H groups in total. The summed E-state index contributed by atoms with van der Waals surface area (Å²) in [5.41, 5.74) is 1.11. The smallest absolute Gasteiger partial charge is 0.0677 e. The molecular formula is C16H18N2. The molecule has 1 unspecified atom stereocenters. The summed E-state index contributed by atoms with van der Waals surface area (Å²) in [7, 11) is 0. The minimum Gasteiger partial charge on any atom is -0.383 e. The molecule has 2 heteroatoms. The Hall–Kier alpha value is -2.01. The molecular weight excluding hydrogens is 220 g/mol. The minimum atomic E-state index is 0.0453. The molecule has 0 bridgehead atoms. The molecule has 0 radical (unpaired) electrons. The molecule has 0 aromatic heterocycles. The number of benzene rings is 2. The van der Waals surface area contributed by atoms with Gasteiger partial charge in [-0.2, -0.15) is 5.26 Å². The molecule has 18 heavy (non-hydrogen) atoms. The number of hydrogen-bond acceptors (Lipinski definition) is 2. The van der Waals surface area contributed by atoms with Gasteiger partial charge in [0.1, 0.15) is 0 Å². The maximum atomic E-state index is 9.10. The second-order valence-corrected chi connectivity index (χ2v) is 4.89. The fourth-order valence-corrected chi connectivity index (χ4v) is 2.03. The third-order valence-electron chi connectivity index (χ3n) is 3.27. The molecule has 92 valence electrons. The first-order valence-corrected chi connectivity index (χ1v) is 6.33. The van der Waals surface area contributed by atoms with Gasteiger partial charge in [-0.3, -0.25) is 0 Å². The van der Waals surface area contributed by atoms with Crippen LogP contribution in [0, 0.1) is 23.2 Å². The van der Waals surface area contributed by atoms with Gasteiger partial charge in [0.05, 0.1) is 12.0 Å². The lowest BCUT2D eigenvalue weighted by Gasteiger charge is -2.15. The molecule has 0 aliphatic carbocycles. The van der Waals surface area contributed by atoms with Crippen LogP contribution in [0.2, 0.25) is 0 Å². The molecule has 0 spiro atoms. The Bertz CT molecular complexity index is 561. The van der Waals surface area contributed by atoms with Gasteiger partial charge in [-0.1, -0.05) is 50.2 Å². The van der Waals surface area contributed by atoms with Crippen molar-refractivity contribution in [3.63, 3.8) is 0 Å². The number of fused-ring (bicyclic) bond motifs is 1. The molecule has 0 fully saturated rings. The van der Waals surface area contributed by atoms with Gasteiger partial charge >= 0.3 is 0 Å². The molecule has 0 saturated carbocycles. The van der Waals surface area contributed by atoms with E-state index < -0.39 is 0 Å². The second-order valence-electron chi connectivity index (χ2n) is 4.89. The van der Waals surface area contributed by atoms with E-state index in [1.165, 1.54) is 10.8 Å². The Labute approximate surface area is 108 Å². The van der Waals surface area contributed by atoms with Crippen molar-refractivity contribution < 1.29 is 0 Å². The van der Waals surface area contributed by atoms with Gasteiger partial charge in [0.25, 0.3) is 0 Å². The van der Waals surface area contributed by atoms with Crippen LogP contribution < -0.4 is 5.32 Å². The van der Waals surface area contributed by atoms with Gasteiger partial charge in [-0.15, -0.1) is 0 Å². The van der Waals surface area contributed by atoms with Crippen LogP contribution >= 0.6 is 0 Å². The van der Waals surface area contributed by atoms with Crippen LogP contribution in [0.3, 0.4) is 0 Å². The fraction of sp³-hybridized carbons (Fsp3) is 0.312. The highest BCUT2D eigenvalue weighted by molar-refractivity contribution is 5.93. The van der Waals surface area contributed by atoms with E-state index in [4.69, 9.17) is 5.26 Å². The summed E-state index contributed by atoms with van der Waals surface area (Å²) < 4.78 is 0. The van der Waals surface area contributed by atoms with Crippen LogP contribution in [0.1, 0.15) is 13.8 Å². The lowest BCUT2D eigenvalue weighted by Crippen LogP contribution is -2.17. The minimum absolute atomic E-state index is 0.0453. The molecule has 0 amide bonds. The molecule has 0 aliphatic rings. The number of rotatable bonds is 4. The van der Waals surface area contributed by atoms with Crippen molar-refractivity contribution in [1.29, 1.82) is 5.26 Å². The Morgan fingerprint density at radius 2 is 1.83 bits per heavy atom. The zero-order valence-corrected chi connectivity index (χ0v) is 10.9. The monoisotopic (exact) mass is 238 g/mol. The predicted octanol–water partition coefficient (Wildman–Crippen LogP) is 4.05. The first kappa shape index (κ1) is 12.4. The van der Waals surface area contributed by atoms with Gasteiger partial charge in [-0.25, -0.2) is 0 Å². The van der Waals surface area contributed by atoms with Gasteiger partial charge in [-0.05, 0) is 17.4 Å². The summed E-state index contributed by atoms with van der Waals surface area (Å²) in [5.74, 6) is 0.418. The van der Waals surface area contributed by atoms with E-state index in [1.807, 2.05) is 18.2 Å². The zero-order chi connectivity index (χ0) is 13.0. The van der Waals surface area contributed by atoms with E-state index in [9.17, 15) is 0 Å². The van der Waals surface area contributed by atoms with Crippen molar-refractivity contribution in [2.24, 2.45) is 11.8 Å². The average Bonchev–Trinajstić information content (AvgIpc) is 2.39. The predicted molar refractivity (Wildman–Crippen MR) is 76.4 cm³/mol. The van der Waals surface area contributed by atoms with E-state index >= 15 is 0 Å². The topological polar surface area (TPSA) is 35.8 Å². The average molecular weight is 238 g/mol. The van der Waals surface area contributed by atoms with Crippen LogP contribution in [0.15, 0.2) is 42.5 Å². The maximum absolute atomic E-state index is 9.10. The molecule has 0 saturated heterocycles. The Morgan fingerprint density at radius 3 is 2.56 bits per heavy atom. The summed E-state index contributed by atoms with van der Waals surface area (Å²) in [4.78, 5) is 0. The largest absolute Gasteiger partial charge is 0.383 e. The van der Waals surface area contributed by atoms with Crippen molar-refractivity contribution in [3.8, 4) is 6.07 Å². The Balaban J connectivity index is 2.20. The van der Waals surface area contributed by atoms with Gasteiger partial charge in [0, 0.05) is 17.6 Å². The molecule has 0 aliphatic heterocycles. The Kier molecular flexibility index (Phi) is 3.84. The van der Waals surface area contributed by atoms with Crippen molar-refractivity contribution in [3.05, 3.63) is 42.5 Å². The van der Waals surface area contributed by atoms with Crippen LogP contribution in [-0.2, 0) is 0 Å². The van der Waals surface area contributed by atoms with Crippen LogP contribution in [0.5, 0.6) is 0 Å². The molecule has 2 aromatic rings. The van der Waals surface area contributed by atoms with Crippen molar-refractivity contribution in [1.82, 2.24) is 0 Å². The summed E-state index contributed by atoms with van der Waals surface area (Å²) in [6, 6.07) is 16.9. The summed E-state index contributed by atoms with van der Waals surface area (Å²) in [6.45, 7) is 4.86. The molecule has 2 rings (SSSR count). The van der Waals surface area contributed by atoms with Gasteiger partial charge < -0.3 is 5.32 Å². The first-order chi connectivity index (χ1) is 8.72. The van der Waals surface area contributed by atoms with Gasteiger partial charge in [0.15, 0.2) is 0 Å². The highest BCUT2D eigenvalue weighted by Gasteiger charge is 2.12. The van der Waals surface area contributed by atoms with E-state index in [2.05, 4.69) is 49.5 Å². The van der Waals surface area contributed by atoms with Crippen molar-refractivity contribution >= 4 is 16.5 Å². The Morgan fingerprint density at radius 1 is 1.11 bits per heavy atom. The number of nitriles is 1. The summed E-state index contributed by atoms with van der Waals surface area (Å²) in [6.07, 6.45) is 0. The quantitative estimate of drug-likeness (QED) is 0.872. The third kappa shape index (κ3) is 2.62. The lowest BCUT2D eigenvalue weighted by atomic mass is 9.97. The van der Waals surface area contributed by atoms with E-state index in [0.29, 0.717) is 12.5 Å².